The van der Waals surface area contributed by atoms with Gasteiger partial charge in [-0.25, -0.2) is 4.79 Å². The minimum atomic E-state index is -4.56. The maximum Gasteiger partial charge on any atom is 0.451 e. The van der Waals surface area contributed by atoms with Crippen LogP contribution >= 0.6 is 11.3 Å². The molecule has 0 aromatic carbocycles. The number of thiophene rings is 1. The molecule has 1 aliphatic rings. The van der Waals surface area contributed by atoms with Gasteiger partial charge in [0.2, 0.25) is 5.82 Å². The Bertz CT molecular complexity index is 1240. The molecule has 36 heavy (non-hydrogen) atoms. The van der Waals surface area contributed by atoms with E-state index in [-0.39, 0.29) is 38.1 Å². The molecule has 0 spiro atoms. The number of fused-ring (bicyclic) bond motifs is 2. The molecule has 14 heteroatoms. The first kappa shape index (κ1) is 25.9. The summed E-state index contributed by atoms with van der Waals surface area (Å²) in [5.74, 6) is -0.211. The Hall–Kier alpha value is -3.16. The van der Waals surface area contributed by atoms with E-state index in [9.17, 15) is 18.0 Å². The van der Waals surface area contributed by atoms with Gasteiger partial charge in [-0.3, -0.25) is 0 Å². The van der Waals surface area contributed by atoms with Crippen molar-refractivity contribution in [3.8, 4) is 6.01 Å². The molecule has 0 fully saturated rings. The summed E-state index contributed by atoms with van der Waals surface area (Å²) in [6.45, 7) is 8.18. The van der Waals surface area contributed by atoms with E-state index >= 15 is 0 Å². The number of nitrogens with one attached hydrogen (secondary N) is 1. The number of carbonyl (C=O) groups excluding carboxylic acids is 1. The van der Waals surface area contributed by atoms with Gasteiger partial charge >= 0.3 is 18.3 Å². The molecule has 1 N–H and O–H groups in total. The lowest BCUT2D eigenvalue weighted by atomic mass is 10.2. The number of aromatic nitrogens is 5. The Labute approximate surface area is 209 Å². The van der Waals surface area contributed by atoms with Crippen molar-refractivity contribution in [1.82, 2.24) is 30.0 Å². The normalized spacial score (nSPS) is 14.1. The molecule has 0 atom stereocenters. The van der Waals surface area contributed by atoms with E-state index in [4.69, 9.17) is 9.47 Å². The largest absolute Gasteiger partial charge is 0.461 e. The average Bonchev–Trinajstić information content (AvgIpc) is 3.38. The molecule has 0 saturated carbocycles. The van der Waals surface area contributed by atoms with Crippen molar-refractivity contribution in [3.63, 3.8) is 0 Å². The maximum absolute atomic E-state index is 13.2. The zero-order chi connectivity index (χ0) is 26.1. The van der Waals surface area contributed by atoms with Crippen LogP contribution in [-0.4, -0.2) is 56.1 Å². The molecule has 0 unspecified atom stereocenters. The maximum atomic E-state index is 13.2. The molecule has 0 saturated heterocycles. The lowest BCUT2D eigenvalue weighted by molar-refractivity contribution is -0.147. The van der Waals surface area contributed by atoms with Crippen molar-refractivity contribution in [1.29, 1.82) is 0 Å². The molecule has 0 aliphatic carbocycles. The van der Waals surface area contributed by atoms with Crippen molar-refractivity contribution in [2.24, 2.45) is 0 Å². The smallest absolute Gasteiger partial charge is 0.451 e. The van der Waals surface area contributed by atoms with E-state index < -0.39 is 23.7 Å². The second-order valence-electron chi connectivity index (χ2n) is 9.30. The van der Waals surface area contributed by atoms with Crippen molar-refractivity contribution >= 4 is 33.5 Å². The lowest BCUT2D eigenvalue weighted by Crippen LogP contribution is -2.36. The SMILES string of the molecule is CCCc1cc2c(N3CCn4c(nnc4C(F)(F)F)C3)nc(OCCNC(=O)OC(C)(C)C)nc2s1. The topological polar surface area (TPSA) is 107 Å². The van der Waals surface area contributed by atoms with Crippen LogP contribution in [0.25, 0.3) is 10.2 Å². The molecule has 1 amide bonds. The third kappa shape index (κ3) is 5.97. The summed E-state index contributed by atoms with van der Waals surface area (Å²) in [6.07, 6.45) is -3.28. The Balaban J connectivity index is 1.53. The van der Waals surface area contributed by atoms with E-state index in [1.807, 2.05) is 11.0 Å². The van der Waals surface area contributed by atoms with E-state index in [2.05, 4.69) is 32.4 Å². The van der Waals surface area contributed by atoms with Crippen LogP contribution in [0.5, 0.6) is 6.01 Å². The molecule has 4 rings (SSSR count). The van der Waals surface area contributed by atoms with Crippen molar-refractivity contribution < 1.29 is 27.4 Å². The highest BCUT2D eigenvalue weighted by atomic mass is 32.1. The summed E-state index contributed by atoms with van der Waals surface area (Å²) in [5.41, 5.74) is -0.608. The Morgan fingerprint density at radius 1 is 1.19 bits per heavy atom. The number of hydrogen-bond acceptors (Lipinski definition) is 9. The fourth-order valence-electron chi connectivity index (χ4n) is 3.77. The van der Waals surface area contributed by atoms with Crippen LogP contribution in [0.3, 0.4) is 0 Å². The first-order valence-corrected chi connectivity index (χ1v) is 12.4. The first-order chi connectivity index (χ1) is 16.9. The summed E-state index contributed by atoms with van der Waals surface area (Å²) in [4.78, 5) is 24.6. The van der Waals surface area contributed by atoms with Crippen LogP contribution in [0.4, 0.5) is 23.8 Å². The van der Waals surface area contributed by atoms with Crippen LogP contribution < -0.4 is 15.0 Å². The van der Waals surface area contributed by atoms with E-state index in [0.717, 1.165) is 32.5 Å². The highest BCUT2D eigenvalue weighted by Crippen LogP contribution is 2.35. The van der Waals surface area contributed by atoms with Crippen molar-refractivity contribution in [2.75, 3.05) is 24.6 Å². The third-order valence-corrected chi connectivity index (χ3v) is 6.30. The predicted octanol–water partition coefficient (Wildman–Crippen LogP) is 4.18. The summed E-state index contributed by atoms with van der Waals surface area (Å²) >= 11 is 1.53. The molecule has 1 aliphatic heterocycles. The Morgan fingerprint density at radius 3 is 2.67 bits per heavy atom. The van der Waals surface area contributed by atoms with E-state index in [1.54, 1.807) is 20.8 Å². The standard InChI is InChI=1S/C22H28F3N7O3S/c1-5-6-13-11-14-16(31-8-9-32-15(12-31)29-30-18(32)22(23,24)25)27-19(28-17(14)36-13)34-10-7-26-20(33)35-21(2,3)4/h11H,5-10,12H2,1-4H3,(H,26,33). The predicted molar refractivity (Wildman–Crippen MR) is 127 cm³/mol. The number of halogens is 3. The monoisotopic (exact) mass is 527 g/mol. The van der Waals surface area contributed by atoms with Crippen molar-refractivity contribution in [2.45, 2.75) is 65.4 Å². The van der Waals surface area contributed by atoms with Crippen LogP contribution in [0.2, 0.25) is 0 Å². The Morgan fingerprint density at radius 2 is 1.97 bits per heavy atom. The van der Waals surface area contributed by atoms with Gasteiger partial charge in [0.05, 0.1) is 18.5 Å². The number of nitrogens with zero attached hydrogens (tertiary/aromatic N) is 6. The number of alkyl halides is 3. The third-order valence-electron chi connectivity index (χ3n) is 5.21. The average molecular weight is 528 g/mol. The minimum absolute atomic E-state index is 0.0740. The number of alkyl carbamates (subject to hydrolysis) is 1. The summed E-state index contributed by atoms with van der Waals surface area (Å²) < 4.78 is 51.7. The molecule has 0 bridgehead atoms. The number of rotatable bonds is 7. The lowest BCUT2D eigenvalue weighted by Gasteiger charge is -2.29. The zero-order valence-electron chi connectivity index (χ0n) is 20.5. The molecule has 0 radical (unpaired) electrons. The van der Waals surface area contributed by atoms with Crippen LogP contribution in [0.15, 0.2) is 6.07 Å². The van der Waals surface area contributed by atoms with Crippen LogP contribution in [0, 0.1) is 0 Å². The highest BCUT2D eigenvalue weighted by molar-refractivity contribution is 7.18. The van der Waals surface area contributed by atoms with Crippen LogP contribution in [0.1, 0.15) is 50.6 Å². The molecule has 196 valence electrons. The van der Waals surface area contributed by atoms with Gasteiger partial charge in [0.15, 0.2) is 5.82 Å². The van der Waals surface area contributed by atoms with Gasteiger partial charge in [-0.05, 0) is 33.3 Å². The first-order valence-electron chi connectivity index (χ1n) is 11.6. The van der Waals surface area contributed by atoms with Crippen LogP contribution in [-0.2, 0) is 30.4 Å². The van der Waals surface area contributed by atoms with E-state index in [1.165, 1.54) is 11.3 Å². The van der Waals surface area contributed by atoms with Gasteiger partial charge in [0.1, 0.15) is 22.9 Å². The number of anilines is 1. The highest BCUT2D eigenvalue weighted by Gasteiger charge is 2.39. The molecular formula is C22H28F3N7O3S. The quantitative estimate of drug-likeness (QED) is 0.456. The fourth-order valence-corrected chi connectivity index (χ4v) is 4.89. The van der Waals surface area contributed by atoms with Gasteiger partial charge in [0, 0.05) is 18.0 Å². The molecular weight excluding hydrogens is 499 g/mol. The zero-order valence-corrected chi connectivity index (χ0v) is 21.3. The van der Waals surface area contributed by atoms with Gasteiger partial charge in [0.25, 0.3) is 0 Å². The Kier molecular flexibility index (Phi) is 7.25. The number of ether oxygens (including phenoxy) is 2. The number of aryl methyl sites for hydroxylation is 1. The van der Waals surface area contributed by atoms with Gasteiger partial charge < -0.3 is 24.3 Å². The number of amides is 1. The summed E-state index contributed by atoms with van der Waals surface area (Å²) in [5, 5.41) is 10.5. The van der Waals surface area contributed by atoms with Gasteiger partial charge in [-0.1, -0.05) is 13.3 Å². The number of carbonyl (C=O) groups is 1. The number of hydrogen-bond donors (Lipinski definition) is 1. The second kappa shape index (κ2) is 10.1. The van der Waals surface area contributed by atoms with Crippen molar-refractivity contribution in [3.05, 3.63) is 22.6 Å². The molecule has 3 aromatic rings. The summed E-state index contributed by atoms with van der Waals surface area (Å²) in [7, 11) is 0. The minimum Gasteiger partial charge on any atom is -0.461 e. The van der Waals surface area contributed by atoms with Gasteiger partial charge in [-0.2, -0.15) is 23.1 Å². The van der Waals surface area contributed by atoms with Gasteiger partial charge in [-0.15, -0.1) is 21.5 Å². The summed E-state index contributed by atoms with van der Waals surface area (Å²) in [6, 6.07) is 2.14. The molecule has 10 nitrogen and oxygen atoms in total. The van der Waals surface area contributed by atoms with E-state index in [0.29, 0.717) is 12.4 Å². The fraction of sp³-hybridized carbons (Fsp3) is 0.591. The molecule has 3 aromatic heterocycles. The second-order valence-corrected chi connectivity index (χ2v) is 10.4. The molecule has 4 heterocycles.